The van der Waals surface area contributed by atoms with E-state index in [0.717, 1.165) is 4.96 Å². The summed E-state index contributed by atoms with van der Waals surface area (Å²) in [7, 11) is 0. The van der Waals surface area contributed by atoms with E-state index in [1.54, 1.807) is 22.1 Å². The lowest BCUT2D eigenvalue weighted by Gasteiger charge is -2.01. The molecule has 0 aliphatic carbocycles. The van der Waals surface area contributed by atoms with Crippen LogP contribution in [0.4, 0.5) is 0 Å². The molecule has 1 N–H and O–H groups in total. The van der Waals surface area contributed by atoms with Gasteiger partial charge in [-0.1, -0.05) is 11.3 Å². The van der Waals surface area contributed by atoms with Gasteiger partial charge in [0.25, 0.3) is 5.88 Å². The number of aromatic nitrogens is 2. The summed E-state index contributed by atoms with van der Waals surface area (Å²) in [4.78, 5) is 12.4. The van der Waals surface area contributed by atoms with E-state index >= 15 is 0 Å². The zero-order chi connectivity index (χ0) is 10.3. The van der Waals surface area contributed by atoms with Crippen molar-refractivity contribution in [3.63, 3.8) is 0 Å². The molecule has 0 aliphatic rings. The van der Waals surface area contributed by atoms with Gasteiger partial charge >= 0.3 is 10.5 Å². The van der Waals surface area contributed by atoms with E-state index in [2.05, 4.69) is 0 Å². The number of thiazole rings is 1. The van der Waals surface area contributed by atoms with Crippen molar-refractivity contribution >= 4 is 16.3 Å². The minimum Gasteiger partial charge on any atom is -0.477 e. The Kier molecular flexibility index (Phi) is 2.03. The first-order valence-electron chi connectivity index (χ1n) is 4.38. The average molecular weight is 211 g/mol. The highest BCUT2D eigenvalue weighted by molar-refractivity contribution is 7.14. The van der Waals surface area contributed by atoms with Crippen molar-refractivity contribution < 1.29 is 9.67 Å². The number of rotatable bonds is 1. The van der Waals surface area contributed by atoms with Gasteiger partial charge in [0.15, 0.2) is 0 Å². The van der Waals surface area contributed by atoms with Crippen molar-refractivity contribution in [2.75, 3.05) is 0 Å². The summed E-state index contributed by atoms with van der Waals surface area (Å²) in [6.45, 7) is 4.22. The lowest BCUT2D eigenvalue weighted by Crippen LogP contribution is -2.39. The minimum atomic E-state index is -0.150. The van der Waals surface area contributed by atoms with Crippen LogP contribution in [0.1, 0.15) is 12.5 Å². The molecule has 2 aromatic heterocycles. The van der Waals surface area contributed by atoms with Gasteiger partial charge in [-0.25, -0.2) is 4.79 Å². The average Bonchev–Trinajstić information content (AvgIpc) is 2.64. The molecule has 2 rings (SSSR count). The van der Waals surface area contributed by atoms with Gasteiger partial charge in [0.1, 0.15) is 11.8 Å². The quantitative estimate of drug-likeness (QED) is 0.705. The van der Waals surface area contributed by atoms with Gasteiger partial charge in [-0.05, 0) is 13.8 Å². The molecule has 5 heteroatoms. The summed E-state index contributed by atoms with van der Waals surface area (Å²) in [6.07, 6.45) is 1.72. The SMILES string of the molecule is CC[n+]1c(O)c(C)c(=O)n2ccsc21. The molecule has 0 atom stereocenters. The van der Waals surface area contributed by atoms with Gasteiger partial charge in [-0.2, -0.15) is 8.97 Å². The monoisotopic (exact) mass is 211 g/mol. The number of hydrogen-bond acceptors (Lipinski definition) is 3. The van der Waals surface area contributed by atoms with Crippen LogP contribution >= 0.6 is 11.3 Å². The topological polar surface area (TPSA) is 45.6 Å². The van der Waals surface area contributed by atoms with Crippen LogP contribution in [0.15, 0.2) is 16.4 Å². The predicted octanol–water partition coefficient (Wildman–Crippen LogP) is 0.682. The molecule has 14 heavy (non-hydrogen) atoms. The van der Waals surface area contributed by atoms with Crippen molar-refractivity contribution in [1.82, 2.24) is 4.40 Å². The molecular formula is C9H11N2O2S+. The Morgan fingerprint density at radius 3 is 3.00 bits per heavy atom. The Balaban J connectivity index is 3.03. The Morgan fingerprint density at radius 1 is 1.64 bits per heavy atom. The summed E-state index contributed by atoms with van der Waals surface area (Å²) in [6, 6.07) is 0. The molecule has 0 aliphatic heterocycles. The highest BCUT2D eigenvalue weighted by Crippen LogP contribution is 2.11. The normalized spacial score (nSPS) is 11.0. The highest BCUT2D eigenvalue weighted by atomic mass is 32.1. The molecule has 0 spiro atoms. The van der Waals surface area contributed by atoms with Crippen LogP contribution in [0.25, 0.3) is 4.96 Å². The fourth-order valence-corrected chi connectivity index (χ4v) is 2.38. The van der Waals surface area contributed by atoms with E-state index in [0.29, 0.717) is 12.1 Å². The van der Waals surface area contributed by atoms with Gasteiger partial charge in [0.2, 0.25) is 0 Å². The zero-order valence-electron chi connectivity index (χ0n) is 8.02. The highest BCUT2D eigenvalue weighted by Gasteiger charge is 2.20. The van der Waals surface area contributed by atoms with Crippen LogP contribution in [-0.2, 0) is 6.54 Å². The number of nitrogens with zero attached hydrogens (tertiary/aromatic N) is 2. The van der Waals surface area contributed by atoms with E-state index in [9.17, 15) is 9.90 Å². The maximum absolute atomic E-state index is 11.7. The molecule has 74 valence electrons. The second kappa shape index (κ2) is 3.09. The largest absolute Gasteiger partial charge is 0.477 e. The molecule has 0 bridgehead atoms. The van der Waals surface area contributed by atoms with Crippen molar-refractivity contribution in [3.05, 3.63) is 27.5 Å². The summed E-state index contributed by atoms with van der Waals surface area (Å²) < 4.78 is 3.28. The first kappa shape index (κ1) is 9.21. The molecule has 0 radical (unpaired) electrons. The van der Waals surface area contributed by atoms with Crippen molar-refractivity contribution in [3.8, 4) is 5.88 Å². The first-order valence-corrected chi connectivity index (χ1v) is 5.26. The lowest BCUT2D eigenvalue weighted by molar-refractivity contribution is -0.675. The van der Waals surface area contributed by atoms with Crippen LogP contribution in [0.3, 0.4) is 0 Å². The van der Waals surface area contributed by atoms with Crippen LogP contribution in [-0.4, -0.2) is 9.51 Å². The zero-order valence-corrected chi connectivity index (χ0v) is 8.84. The number of fused-ring (bicyclic) bond motifs is 1. The van der Waals surface area contributed by atoms with Crippen LogP contribution in [0, 0.1) is 6.92 Å². The molecule has 2 aromatic rings. The Labute approximate surface area is 84.7 Å². The number of aryl methyl sites for hydroxylation is 1. The van der Waals surface area contributed by atoms with E-state index < -0.39 is 0 Å². The van der Waals surface area contributed by atoms with Gasteiger partial charge in [-0.15, -0.1) is 0 Å². The smallest absolute Gasteiger partial charge is 0.351 e. The molecule has 0 fully saturated rings. The number of aromatic hydroxyl groups is 1. The van der Waals surface area contributed by atoms with E-state index in [4.69, 9.17) is 0 Å². The second-order valence-electron chi connectivity index (χ2n) is 3.05. The summed E-state index contributed by atoms with van der Waals surface area (Å²) in [5.74, 6) is 0.0694. The lowest BCUT2D eigenvalue weighted by atomic mass is 10.3. The van der Waals surface area contributed by atoms with Crippen LogP contribution in [0.5, 0.6) is 5.88 Å². The van der Waals surface area contributed by atoms with Gasteiger partial charge in [-0.3, -0.25) is 0 Å². The second-order valence-corrected chi connectivity index (χ2v) is 3.93. The molecule has 0 unspecified atom stereocenters. The van der Waals surface area contributed by atoms with Crippen LogP contribution in [0.2, 0.25) is 0 Å². The van der Waals surface area contributed by atoms with Gasteiger partial charge < -0.3 is 5.11 Å². The molecular weight excluding hydrogens is 200 g/mol. The maximum Gasteiger partial charge on any atom is 0.351 e. The van der Waals surface area contributed by atoms with E-state index in [1.807, 2.05) is 12.3 Å². The van der Waals surface area contributed by atoms with E-state index in [1.165, 1.54) is 11.3 Å². The molecule has 0 saturated carbocycles. The van der Waals surface area contributed by atoms with Crippen LogP contribution < -0.4 is 10.1 Å². The summed E-state index contributed by atoms with van der Waals surface area (Å²) in [5.41, 5.74) is 0.242. The third-order valence-corrected chi connectivity index (χ3v) is 3.15. The fourth-order valence-electron chi connectivity index (χ4n) is 1.48. The van der Waals surface area contributed by atoms with Crippen molar-refractivity contribution in [2.24, 2.45) is 0 Å². The fraction of sp³-hybridized carbons (Fsp3) is 0.333. The maximum atomic E-state index is 11.7. The van der Waals surface area contributed by atoms with Crippen molar-refractivity contribution in [2.45, 2.75) is 20.4 Å². The van der Waals surface area contributed by atoms with E-state index in [-0.39, 0.29) is 11.4 Å². The number of hydrogen-bond donors (Lipinski definition) is 1. The third kappa shape index (κ3) is 1.05. The van der Waals surface area contributed by atoms with Gasteiger partial charge in [0, 0.05) is 5.38 Å². The molecule has 0 amide bonds. The molecule has 2 heterocycles. The van der Waals surface area contributed by atoms with Gasteiger partial charge in [0.05, 0.1) is 6.54 Å². The first-order chi connectivity index (χ1) is 6.66. The molecule has 0 aromatic carbocycles. The Hall–Kier alpha value is -1.36. The summed E-state index contributed by atoms with van der Waals surface area (Å²) >= 11 is 1.44. The standard InChI is InChI=1S/C9H10N2O2S/c1-3-10-7(12)6(2)8(13)11-4-5-14-9(10)11/h4-5H,3H2,1-2H3/p+1. The summed E-state index contributed by atoms with van der Waals surface area (Å²) in [5, 5.41) is 11.6. The molecule has 4 nitrogen and oxygen atoms in total. The Morgan fingerprint density at radius 2 is 2.36 bits per heavy atom. The molecule has 0 saturated heterocycles. The Bertz CT molecular complexity index is 541. The predicted molar refractivity (Wildman–Crippen MR) is 53.8 cm³/mol. The minimum absolute atomic E-state index is 0.0694. The third-order valence-electron chi connectivity index (χ3n) is 2.27. The van der Waals surface area contributed by atoms with Crippen molar-refractivity contribution in [1.29, 1.82) is 0 Å².